The van der Waals surface area contributed by atoms with Crippen LogP contribution in [0.2, 0.25) is 0 Å². The van der Waals surface area contributed by atoms with Gasteiger partial charge >= 0.3 is 0 Å². The van der Waals surface area contributed by atoms with Crippen LogP contribution < -0.4 is 9.64 Å². The molecule has 0 unspecified atom stereocenters. The van der Waals surface area contributed by atoms with Crippen LogP contribution in [0.15, 0.2) is 46.3 Å². The predicted molar refractivity (Wildman–Crippen MR) is 119 cm³/mol. The molecule has 0 aliphatic carbocycles. The average Bonchev–Trinajstić information content (AvgIpc) is 3.19. The summed E-state index contributed by atoms with van der Waals surface area (Å²) in [5.74, 6) is -1.63. The first-order valence-electron chi connectivity index (χ1n) is 9.83. The van der Waals surface area contributed by atoms with Crippen LogP contribution in [0.5, 0.6) is 5.75 Å². The second kappa shape index (κ2) is 9.41. The van der Waals surface area contributed by atoms with Gasteiger partial charge in [-0.1, -0.05) is 28.1 Å². The lowest BCUT2D eigenvalue weighted by Gasteiger charge is -2.36. The minimum absolute atomic E-state index is 0.287. The third-order valence-corrected chi connectivity index (χ3v) is 6.66. The highest BCUT2D eigenvalue weighted by atomic mass is 79.9. The van der Waals surface area contributed by atoms with E-state index in [0.717, 1.165) is 45.6 Å². The number of hydrogen-bond donors (Lipinski definition) is 0. The molecule has 0 amide bonds. The van der Waals surface area contributed by atoms with Gasteiger partial charge in [-0.25, -0.2) is 8.78 Å². The molecule has 1 fully saturated rings. The lowest BCUT2D eigenvalue weighted by atomic mass is 10.2. The van der Waals surface area contributed by atoms with E-state index in [2.05, 4.69) is 55.4 Å². The summed E-state index contributed by atoms with van der Waals surface area (Å²) >= 11 is 4.87. The number of rotatable bonds is 7. The number of nitrogens with zero attached hydrogens (tertiary/aromatic N) is 2. The van der Waals surface area contributed by atoms with Crippen molar-refractivity contribution < 1.29 is 13.5 Å². The van der Waals surface area contributed by atoms with Crippen molar-refractivity contribution in [2.45, 2.75) is 12.8 Å². The van der Waals surface area contributed by atoms with Crippen molar-refractivity contribution in [3.05, 3.63) is 57.9 Å². The van der Waals surface area contributed by atoms with Crippen LogP contribution in [0.1, 0.15) is 12.8 Å². The fourth-order valence-electron chi connectivity index (χ4n) is 3.72. The van der Waals surface area contributed by atoms with E-state index in [1.807, 2.05) is 0 Å². The third kappa shape index (κ3) is 4.90. The van der Waals surface area contributed by atoms with Crippen molar-refractivity contribution in [1.29, 1.82) is 0 Å². The van der Waals surface area contributed by atoms with Crippen molar-refractivity contribution in [2.24, 2.45) is 0 Å². The van der Waals surface area contributed by atoms with Gasteiger partial charge in [0.25, 0.3) is 0 Å². The van der Waals surface area contributed by atoms with Crippen LogP contribution >= 0.6 is 27.3 Å². The zero-order valence-corrected chi connectivity index (χ0v) is 18.4. The number of anilines is 1. The summed E-state index contributed by atoms with van der Waals surface area (Å²) in [6.45, 7) is 5.38. The van der Waals surface area contributed by atoms with Gasteiger partial charge < -0.3 is 9.64 Å². The molecule has 0 bridgehead atoms. The first kappa shape index (κ1) is 20.6. The number of thiophene rings is 1. The Hall–Kier alpha value is -1.70. The molecule has 0 saturated carbocycles. The molecule has 0 N–H and O–H groups in total. The Morgan fingerprint density at radius 3 is 2.52 bits per heavy atom. The number of halogens is 3. The molecule has 1 saturated heterocycles. The molecule has 7 heteroatoms. The largest absolute Gasteiger partial charge is 0.488 e. The van der Waals surface area contributed by atoms with Crippen LogP contribution in [0.4, 0.5) is 14.5 Å². The van der Waals surface area contributed by atoms with Crippen molar-refractivity contribution >= 4 is 43.0 Å². The maximum absolute atomic E-state index is 13.8. The van der Waals surface area contributed by atoms with Crippen LogP contribution in [0.3, 0.4) is 0 Å². The SMILES string of the molecule is Fc1cc(Br)cc(F)c1OCCCCN1CCN(c2cccc3ccsc23)CC1. The summed E-state index contributed by atoms with van der Waals surface area (Å²) in [5.41, 5.74) is 1.34. The molecule has 2 heterocycles. The second-order valence-electron chi connectivity index (χ2n) is 7.20. The molecule has 0 atom stereocenters. The van der Waals surface area contributed by atoms with E-state index in [-0.39, 0.29) is 5.75 Å². The van der Waals surface area contributed by atoms with Gasteiger partial charge in [-0.2, -0.15) is 0 Å². The zero-order chi connectivity index (χ0) is 20.2. The molecule has 29 heavy (non-hydrogen) atoms. The van der Waals surface area contributed by atoms with Crippen molar-refractivity contribution in [3.8, 4) is 5.75 Å². The van der Waals surface area contributed by atoms with Gasteiger partial charge in [0.05, 0.1) is 17.0 Å². The van der Waals surface area contributed by atoms with E-state index in [0.29, 0.717) is 11.1 Å². The lowest BCUT2D eigenvalue weighted by Crippen LogP contribution is -2.46. The predicted octanol–water partition coefficient (Wildman–Crippen LogP) is 5.92. The highest BCUT2D eigenvalue weighted by molar-refractivity contribution is 9.10. The smallest absolute Gasteiger partial charge is 0.190 e. The number of fused-ring (bicyclic) bond motifs is 1. The van der Waals surface area contributed by atoms with E-state index < -0.39 is 11.6 Å². The maximum atomic E-state index is 13.8. The molecule has 154 valence electrons. The maximum Gasteiger partial charge on any atom is 0.190 e. The van der Waals surface area contributed by atoms with Gasteiger partial charge in [0.1, 0.15) is 0 Å². The molecule has 1 aliphatic heterocycles. The Morgan fingerprint density at radius 2 is 1.76 bits per heavy atom. The van der Waals surface area contributed by atoms with E-state index >= 15 is 0 Å². The number of benzene rings is 2. The normalized spacial score (nSPS) is 15.2. The molecule has 3 aromatic rings. The summed E-state index contributed by atoms with van der Waals surface area (Å²) in [4.78, 5) is 4.92. The molecular weight excluding hydrogens is 458 g/mol. The Kier molecular flexibility index (Phi) is 6.67. The lowest BCUT2D eigenvalue weighted by molar-refractivity contribution is 0.233. The summed E-state index contributed by atoms with van der Waals surface area (Å²) in [6.07, 6.45) is 1.71. The van der Waals surface area contributed by atoms with E-state index in [4.69, 9.17) is 4.74 Å². The summed E-state index contributed by atoms with van der Waals surface area (Å²) in [7, 11) is 0. The van der Waals surface area contributed by atoms with Crippen molar-refractivity contribution in [3.63, 3.8) is 0 Å². The molecular formula is C22H23BrF2N2OS. The topological polar surface area (TPSA) is 15.7 Å². The van der Waals surface area contributed by atoms with Crippen molar-refractivity contribution in [2.75, 3.05) is 44.2 Å². The monoisotopic (exact) mass is 480 g/mol. The first-order chi connectivity index (χ1) is 14.1. The van der Waals surface area contributed by atoms with E-state index in [1.165, 1.54) is 27.9 Å². The van der Waals surface area contributed by atoms with Crippen LogP contribution in [0, 0.1) is 11.6 Å². The van der Waals surface area contributed by atoms with Gasteiger partial charge in [-0.15, -0.1) is 11.3 Å². The molecule has 0 radical (unpaired) electrons. The Balaban J connectivity index is 1.20. The van der Waals surface area contributed by atoms with Gasteiger partial charge in [-0.3, -0.25) is 4.90 Å². The highest BCUT2D eigenvalue weighted by Gasteiger charge is 2.19. The zero-order valence-electron chi connectivity index (χ0n) is 16.0. The van der Waals surface area contributed by atoms with E-state index in [1.54, 1.807) is 11.3 Å². The van der Waals surface area contributed by atoms with Crippen LogP contribution in [-0.4, -0.2) is 44.2 Å². The number of hydrogen-bond acceptors (Lipinski definition) is 4. The van der Waals surface area contributed by atoms with Gasteiger partial charge in [0.2, 0.25) is 0 Å². The van der Waals surface area contributed by atoms with Gasteiger partial charge in [0.15, 0.2) is 17.4 Å². The summed E-state index contributed by atoms with van der Waals surface area (Å²) in [6, 6.07) is 11.1. The standard InChI is InChI=1S/C22H23BrF2N2OS/c23-17-14-18(24)21(19(25)15-17)28-12-2-1-7-26-8-10-27(11-9-26)20-5-3-4-16-6-13-29-22(16)20/h3-6,13-15H,1-2,7-12H2. The minimum Gasteiger partial charge on any atom is -0.488 e. The molecule has 2 aromatic carbocycles. The molecule has 4 rings (SSSR count). The summed E-state index contributed by atoms with van der Waals surface area (Å²) in [5, 5.41) is 3.46. The van der Waals surface area contributed by atoms with Crippen molar-refractivity contribution in [1.82, 2.24) is 4.90 Å². The fourth-order valence-corrected chi connectivity index (χ4v) is 5.06. The minimum atomic E-state index is -0.672. The highest BCUT2D eigenvalue weighted by Crippen LogP contribution is 2.32. The average molecular weight is 481 g/mol. The fraction of sp³-hybridized carbons (Fsp3) is 0.364. The van der Waals surface area contributed by atoms with Gasteiger partial charge in [0, 0.05) is 30.7 Å². The number of piperazine rings is 1. The first-order valence-corrected chi connectivity index (χ1v) is 11.5. The quantitative estimate of drug-likeness (QED) is 0.390. The van der Waals surface area contributed by atoms with Crippen LogP contribution in [0.25, 0.3) is 10.1 Å². The van der Waals surface area contributed by atoms with E-state index in [9.17, 15) is 8.78 Å². The Bertz CT molecular complexity index is 949. The Morgan fingerprint density at radius 1 is 1.00 bits per heavy atom. The van der Waals surface area contributed by atoms with Gasteiger partial charge in [-0.05, 0) is 54.4 Å². The molecule has 3 nitrogen and oxygen atoms in total. The summed E-state index contributed by atoms with van der Waals surface area (Å²) < 4.78 is 34.6. The second-order valence-corrected chi connectivity index (χ2v) is 9.03. The molecule has 1 aromatic heterocycles. The molecule has 0 spiro atoms. The number of ether oxygens (including phenoxy) is 1. The number of unbranched alkanes of at least 4 members (excludes halogenated alkanes) is 1. The third-order valence-electron chi connectivity index (χ3n) is 5.25. The molecule has 1 aliphatic rings. The Labute approximate surface area is 182 Å². The van der Waals surface area contributed by atoms with Crippen LogP contribution in [-0.2, 0) is 0 Å².